The average Bonchev–Trinajstić information content (AvgIpc) is 2.91. The molecule has 4 saturated carbocycles. The molecule has 4 rings (SSSR count). The van der Waals surface area contributed by atoms with Crippen molar-refractivity contribution >= 4 is 11.5 Å². The SMILES string of the molecule is C[C@@H](N)CON=C1CC[C@]2(C)[C@H]3CC[C@]4(C)C(=O)CC[C@H]4[C@@H]3CC[C@@]2(O)C1. The number of fused-ring (bicyclic) bond motifs is 5. The van der Waals surface area contributed by atoms with Gasteiger partial charge < -0.3 is 15.7 Å². The van der Waals surface area contributed by atoms with E-state index in [-0.39, 0.29) is 16.9 Å². The number of carbonyl (C=O) groups is 1. The van der Waals surface area contributed by atoms with Gasteiger partial charge in [0.2, 0.25) is 0 Å². The van der Waals surface area contributed by atoms with Crippen molar-refractivity contribution in [3.05, 3.63) is 0 Å². The maximum absolute atomic E-state index is 12.5. The molecule has 0 aromatic heterocycles. The highest BCUT2D eigenvalue weighted by atomic mass is 16.6. The zero-order valence-electron chi connectivity index (χ0n) is 17.2. The first-order valence-corrected chi connectivity index (χ1v) is 10.9. The third-order valence-electron chi connectivity index (χ3n) is 8.88. The summed E-state index contributed by atoms with van der Waals surface area (Å²) in [6.45, 7) is 6.84. The van der Waals surface area contributed by atoms with Crippen LogP contribution in [0.4, 0.5) is 0 Å². The molecule has 3 N–H and O–H groups in total. The first-order chi connectivity index (χ1) is 12.7. The van der Waals surface area contributed by atoms with Crippen molar-refractivity contribution in [3.8, 4) is 0 Å². The lowest BCUT2D eigenvalue weighted by atomic mass is 9.43. The third-order valence-corrected chi connectivity index (χ3v) is 8.88. The normalized spacial score (nSPS) is 49.3. The Morgan fingerprint density at radius 1 is 1.19 bits per heavy atom. The highest BCUT2D eigenvalue weighted by Gasteiger charge is 2.64. The van der Waals surface area contributed by atoms with Crippen molar-refractivity contribution in [1.82, 2.24) is 0 Å². The van der Waals surface area contributed by atoms with Crippen LogP contribution in [0.3, 0.4) is 0 Å². The first kappa shape index (κ1) is 19.4. The third kappa shape index (κ3) is 2.88. The molecule has 4 aliphatic carbocycles. The molecule has 4 aliphatic rings. The fourth-order valence-corrected chi connectivity index (χ4v) is 7.15. The van der Waals surface area contributed by atoms with Gasteiger partial charge in [0, 0.05) is 29.7 Å². The summed E-state index contributed by atoms with van der Waals surface area (Å²) in [5.41, 5.74) is 5.84. The number of hydrogen-bond acceptors (Lipinski definition) is 5. The Labute approximate surface area is 163 Å². The van der Waals surface area contributed by atoms with Gasteiger partial charge in [-0.1, -0.05) is 19.0 Å². The largest absolute Gasteiger partial charge is 0.394 e. The molecule has 0 heterocycles. The molecule has 0 aromatic carbocycles. The fourth-order valence-electron chi connectivity index (χ4n) is 7.15. The first-order valence-electron chi connectivity index (χ1n) is 10.9. The predicted molar refractivity (Wildman–Crippen MR) is 105 cm³/mol. The van der Waals surface area contributed by atoms with Gasteiger partial charge in [0.1, 0.15) is 12.4 Å². The standard InChI is InChI=1S/C22H36N2O3/c1-14(23)13-27-24-15-6-10-21(3)18-8-9-20(2)17(4-5-19(20)25)16(18)7-11-22(21,26)12-15/h14,16-18,26H,4-13,23H2,1-3H3/t14-,16+,17+,18+,20+,21-,22-/m1/s1. The van der Waals surface area contributed by atoms with Gasteiger partial charge in [-0.25, -0.2) is 0 Å². The molecule has 152 valence electrons. The van der Waals surface area contributed by atoms with Crippen LogP contribution >= 0.6 is 0 Å². The van der Waals surface area contributed by atoms with Crippen LogP contribution in [0.25, 0.3) is 0 Å². The lowest BCUT2D eigenvalue weighted by Crippen LogP contribution is -2.62. The molecular weight excluding hydrogens is 340 g/mol. The molecule has 7 atom stereocenters. The van der Waals surface area contributed by atoms with E-state index in [4.69, 9.17) is 10.6 Å². The van der Waals surface area contributed by atoms with Crippen LogP contribution in [0.2, 0.25) is 0 Å². The number of aliphatic hydroxyl groups is 1. The summed E-state index contributed by atoms with van der Waals surface area (Å²) >= 11 is 0. The molecule has 5 heteroatoms. The van der Waals surface area contributed by atoms with Gasteiger partial charge in [0.05, 0.1) is 11.3 Å². The zero-order chi connectivity index (χ0) is 19.4. The number of hydrogen-bond donors (Lipinski definition) is 2. The Kier molecular flexibility index (Phi) is 4.70. The Hall–Kier alpha value is -0.940. The second kappa shape index (κ2) is 6.55. The molecular formula is C22H36N2O3. The van der Waals surface area contributed by atoms with Crippen molar-refractivity contribution in [2.24, 2.45) is 39.5 Å². The fraction of sp³-hybridized carbons (Fsp3) is 0.909. The van der Waals surface area contributed by atoms with E-state index in [1.165, 1.54) is 0 Å². The van der Waals surface area contributed by atoms with Crippen LogP contribution in [-0.2, 0) is 9.63 Å². The molecule has 4 fully saturated rings. The monoisotopic (exact) mass is 376 g/mol. The van der Waals surface area contributed by atoms with Crippen LogP contribution in [0.1, 0.15) is 78.6 Å². The summed E-state index contributed by atoms with van der Waals surface area (Å²) in [4.78, 5) is 17.9. The molecule has 0 bridgehead atoms. The summed E-state index contributed by atoms with van der Waals surface area (Å²) < 4.78 is 0. The number of nitrogens with two attached hydrogens (primary N) is 1. The zero-order valence-corrected chi connectivity index (χ0v) is 17.2. The summed E-state index contributed by atoms with van der Waals surface area (Å²) in [6.07, 6.45) is 8.23. The molecule has 27 heavy (non-hydrogen) atoms. The van der Waals surface area contributed by atoms with Gasteiger partial charge >= 0.3 is 0 Å². The van der Waals surface area contributed by atoms with Crippen molar-refractivity contribution < 1.29 is 14.7 Å². The highest BCUT2D eigenvalue weighted by molar-refractivity contribution is 5.87. The average molecular weight is 377 g/mol. The van der Waals surface area contributed by atoms with E-state index in [1.807, 2.05) is 6.92 Å². The maximum Gasteiger partial charge on any atom is 0.139 e. The van der Waals surface area contributed by atoms with Gasteiger partial charge in [-0.3, -0.25) is 4.79 Å². The minimum atomic E-state index is -0.695. The van der Waals surface area contributed by atoms with Crippen molar-refractivity contribution in [3.63, 3.8) is 0 Å². The second-order valence-corrected chi connectivity index (χ2v) is 10.4. The maximum atomic E-state index is 12.5. The van der Waals surface area contributed by atoms with E-state index in [2.05, 4.69) is 19.0 Å². The number of rotatable bonds is 3. The van der Waals surface area contributed by atoms with Gasteiger partial charge in [-0.2, -0.15) is 0 Å². The minimum Gasteiger partial charge on any atom is -0.394 e. The highest BCUT2D eigenvalue weighted by Crippen LogP contribution is 2.66. The van der Waals surface area contributed by atoms with E-state index >= 15 is 0 Å². The molecule has 0 aromatic rings. The van der Waals surface area contributed by atoms with Crippen molar-refractivity contribution in [2.75, 3.05) is 6.61 Å². The topological polar surface area (TPSA) is 84.9 Å². The number of Topliss-reactive ketones (excluding diaryl/α,β-unsaturated/α-hetero) is 1. The van der Waals surface area contributed by atoms with E-state index in [0.29, 0.717) is 36.6 Å². The van der Waals surface area contributed by atoms with Crippen LogP contribution in [0, 0.1) is 28.6 Å². The molecule has 0 amide bonds. The summed E-state index contributed by atoms with van der Waals surface area (Å²) in [5.74, 6) is 2.12. The predicted octanol–water partition coefficient (Wildman–Crippen LogP) is 3.43. The molecule has 0 aliphatic heterocycles. The molecule has 0 unspecified atom stereocenters. The smallest absolute Gasteiger partial charge is 0.139 e. The summed E-state index contributed by atoms with van der Waals surface area (Å²) in [5, 5.41) is 16.0. The molecule has 0 saturated heterocycles. The Bertz CT molecular complexity index is 647. The Morgan fingerprint density at radius 3 is 2.70 bits per heavy atom. The van der Waals surface area contributed by atoms with E-state index < -0.39 is 5.60 Å². The van der Waals surface area contributed by atoms with E-state index in [9.17, 15) is 9.90 Å². The lowest BCUT2D eigenvalue weighted by Gasteiger charge is -2.62. The molecule has 5 nitrogen and oxygen atoms in total. The van der Waals surface area contributed by atoms with Crippen molar-refractivity contribution in [2.45, 2.75) is 90.2 Å². The number of carbonyl (C=O) groups excluding carboxylic acids is 1. The van der Waals surface area contributed by atoms with Gasteiger partial charge in [-0.15, -0.1) is 0 Å². The van der Waals surface area contributed by atoms with Crippen LogP contribution in [0.5, 0.6) is 0 Å². The quantitative estimate of drug-likeness (QED) is 0.739. The van der Waals surface area contributed by atoms with Gasteiger partial charge in [0.15, 0.2) is 0 Å². The van der Waals surface area contributed by atoms with Crippen LogP contribution in [0.15, 0.2) is 5.16 Å². The number of oxime groups is 1. The van der Waals surface area contributed by atoms with Crippen LogP contribution in [-0.4, -0.2) is 34.9 Å². The second-order valence-electron chi connectivity index (χ2n) is 10.4. The number of ketones is 1. The number of nitrogens with zero attached hydrogens (tertiary/aromatic N) is 1. The van der Waals surface area contributed by atoms with E-state index in [1.54, 1.807) is 0 Å². The van der Waals surface area contributed by atoms with Gasteiger partial charge in [0.25, 0.3) is 0 Å². The molecule has 0 spiro atoms. The minimum absolute atomic E-state index is 0.0348. The van der Waals surface area contributed by atoms with E-state index in [0.717, 1.165) is 57.1 Å². The Morgan fingerprint density at radius 2 is 1.96 bits per heavy atom. The van der Waals surface area contributed by atoms with Crippen LogP contribution < -0.4 is 5.73 Å². The van der Waals surface area contributed by atoms with Gasteiger partial charge in [-0.05, 0) is 69.6 Å². The lowest BCUT2D eigenvalue weighted by molar-refractivity contribution is -0.188. The Balaban J connectivity index is 1.54. The van der Waals surface area contributed by atoms with Crippen molar-refractivity contribution in [1.29, 1.82) is 0 Å². The summed E-state index contributed by atoms with van der Waals surface area (Å²) in [7, 11) is 0. The molecule has 0 radical (unpaired) electrons. The summed E-state index contributed by atoms with van der Waals surface area (Å²) in [6, 6.07) is -0.0348.